The molecule has 1 aromatic heterocycles. The Hall–Kier alpha value is -0.960. The lowest BCUT2D eigenvalue weighted by molar-refractivity contribution is 0.263. The van der Waals surface area contributed by atoms with Crippen LogP contribution in [0.3, 0.4) is 0 Å². The Kier molecular flexibility index (Phi) is 5.12. The molecule has 0 radical (unpaired) electrons. The van der Waals surface area contributed by atoms with Gasteiger partial charge in [0.25, 0.3) is 0 Å². The quantitative estimate of drug-likeness (QED) is 0.858. The Morgan fingerprint density at radius 1 is 1.39 bits per heavy atom. The maximum Gasteiger partial charge on any atom is 0.146 e. The van der Waals surface area contributed by atoms with E-state index >= 15 is 0 Å². The molecule has 1 saturated carbocycles. The second-order valence-electron chi connectivity index (χ2n) is 5.20. The minimum atomic E-state index is -0.170. The fourth-order valence-electron chi connectivity index (χ4n) is 2.88. The molecule has 1 N–H and O–H groups in total. The molecule has 0 aliphatic heterocycles. The lowest BCUT2D eigenvalue weighted by Crippen LogP contribution is -2.31. The van der Waals surface area contributed by atoms with Crippen LogP contribution in [0.15, 0.2) is 18.3 Å². The highest BCUT2D eigenvalue weighted by molar-refractivity contribution is 5.13. The maximum absolute atomic E-state index is 13.9. The predicted molar refractivity (Wildman–Crippen MR) is 71.8 cm³/mol. The Bertz CT molecular complexity index is 361. The summed E-state index contributed by atoms with van der Waals surface area (Å²) in [5.74, 6) is 0.367. The lowest BCUT2D eigenvalue weighted by Gasteiger charge is -2.30. The number of nitrogens with zero attached hydrogens (tertiary/aromatic N) is 1. The number of halogens is 1. The summed E-state index contributed by atoms with van der Waals surface area (Å²) in [7, 11) is 0. The first-order valence-corrected chi connectivity index (χ1v) is 7.16. The molecule has 100 valence electrons. The van der Waals surface area contributed by atoms with Crippen LogP contribution in [0.5, 0.6) is 0 Å². The minimum Gasteiger partial charge on any atom is -0.308 e. The van der Waals surface area contributed by atoms with Crippen LogP contribution < -0.4 is 5.32 Å². The molecular weight excluding hydrogens is 227 g/mol. The molecule has 1 aliphatic rings. The number of hydrogen-bond acceptors (Lipinski definition) is 2. The first kappa shape index (κ1) is 13.5. The highest BCUT2D eigenvalue weighted by Crippen LogP contribution is 2.34. The van der Waals surface area contributed by atoms with Crippen LogP contribution in [-0.4, -0.2) is 11.5 Å². The summed E-state index contributed by atoms with van der Waals surface area (Å²) >= 11 is 0. The summed E-state index contributed by atoms with van der Waals surface area (Å²) in [4.78, 5) is 4.27. The van der Waals surface area contributed by atoms with E-state index in [-0.39, 0.29) is 11.9 Å². The van der Waals surface area contributed by atoms with Crippen LogP contribution in [-0.2, 0) is 0 Å². The van der Waals surface area contributed by atoms with Gasteiger partial charge in [-0.3, -0.25) is 4.98 Å². The summed E-state index contributed by atoms with van der Waals surface area (Å²) in [5.41, 5.74) is 0.609. The molecule has 1 fully saturated rings. The van der Waals surface area contributed by atoms with Gasteiger partial charge >= 0.3 is 0 Å². The summed E-state index contributed by atoms with van der Waals surface area (Å²) in [6, 6.07) is 3.27. The van der Waals surface area contributed by atoms with Crippen molar-refractivity contribution in [1.82, 2.24) is 10.3 Å². The molecule has 0 bridgehead atoms. The van der Waals surface area contributed by atoms with Crippen molar-refractivity contribution in [3.05, 3.63) is 29.8 Å². The second kappa shape index (κ2) is 6.83. The molecule has 0 aromatic carbocycles. The summed E-state index contributed by atoms with van der Waals surface area (Å²) in [5, 5.41) is 3.49. The average molecular weight is 250 g/mol. The van der Waals surface area contributed by atoms with Crippen LogP contribution >= 0.6 is 0 Å². The van der Waals surface area contributed by atoms with Gasteiger partial charge in [-0.25, -0.2) is 4.39 Å². The van der Waals surface area contributed by atoms with E-state index in [0.717, 1.165) is 13.0 Å². The summed E-state index contributed by atoms with van der Waals surface area (Å²) in [6.45, 7) is 3.07. The Morgan fingerprint density at radius 3 is 2.83 bits per heavy atom. The molecule has 1 aliphatic carbocycles. The van der Waals surface area contributed by atoms with E-state index in [9.17, 15) is 4.39 Å². The van der Waals surface area contributed by atoms with Crippen molar-refractivity contribution in [3.8, 4) is 0 Å². The van der Waals surface area contributed by atoms with Crippen LogP contribution in [0.2, 0.25) is 0 Å². The zero-order valence-corrected chi connectivity index (χ0v) is 11.2. The summed E-state index contributed by atoms with van der Waals surface area (Å²) in [6.07, 6.45) is 9.00. The molecule has 3 heteroatoms. The van der Waals surface area contributed by atoms with Crippen molar-refractivity contribution in [2.45, 2.75) is 51.5 Å². The Morgan fingerprint density at radius 2 is 2.17 bits per heavy atom. The molecule has 1 atom stereocenters. The fraction of sp³-hybridized carbons (Fsp3) is 0.667. The van der Waals surface area contributed by atoms with Gasteiger partial charge in [-0.2, -0.15) is 0 Å². The number of nitrogens with one attached hydrogen (secondary N) is 1. The van der Waals surface area contributed by atoms with Gasteiger partial charge in [-0.05, 0) is 43.9 Å². The third-order valence-corrected chi connectivity index (χ3v) is 3.82. The van der Waals surface area contributed by atoms with E-state index in [1.54, 1.807) is 12.3 Å². The lowest BCUT2D eigenvalue weighted by atomic mass is 9.82. The third-order valence-electron chi connectivity index (χ3n) is 3.82. The number of aromatic nitrogens is 1. The average Bonchev–Trinajstić information content (AvgIpc) is 2.42. The van der Waals surface area contributed by atoms with Crippen molar-refractivity contribution in [3.63, 3.8) is 0 Å². The van der Waals surface area contributed by atoms with E-state index < -0.39 is 0 Å². The molecule has 18 heavy (non-hydrogen) atoms. The van der Waals surface area contributed by atoms with Gasteiger partial charge in [0.15, 0.2) is 0 Å². The van der Waals surface area contributed by atoms with Gasteiger partial charge in [0.2, 0.25) is 0 Å². The third kappa shape index (κ3) is 3.29. The Labute approximate surface area is 109 Å². The van der Waals surface area contributed by atoms with Gasteiger partial charge in [0.05, 0.1) is 11.7 Å². The van der Waals surface area contributed by atoms with E-state index in [1.807, 2.05) is 0 Å². The minimum absolute atomic E-state index is 0.0893. The molecule has 0 saturated heterocycles. The second-order valence-corrected chi connectivity index (χ2v) is 5.20. The smallest absolute Gasteiger partial charge is 0.146 e. The predicted octanol–water partition coefficient (Wildman–Crippen LogP) is 3.84. The highest BCUT2D eigenvalue weighted by Gasteiger charge is 2.27. The van der Waals surface area contributed by atoms with Gasteiger partial charge in [-0.15, -0.1) is 0 Å². The summed E-state index contributed by atoms with van der Waals surface area (Å²) < 4.78 is 13.9. The molecule has 1 aromatic rings. The number of hydrogen-bond donors (Lipinski definition) is 1. The van der Waals surface area contributed by atoms with Crippen molar-refractivity contribution >= 4 is 0 Å². The van der Waals surface area contributed by atoms with Gasteiger partial charge < -0.3 is 5.32 Å². The van der Waals surface area contributed by atoms with E-state index in [0.29, 0.717) is 11.6 Å². The van der Waals surface area contributed by atoms with Crippen molar-refractivity contribution in [2.75, 3.05) is 6.54 Å². The van der Waals surface area contributed by atoms with Crippen molar-refractivity contribution in [1.29, 1.82) is 0 Å². The van der Waals surface area contributed by atoms with Crippen molar-refractivity contribution in [2.24, 2.45) is 5.92 Å². The largest absolute Gasteiger partial charge is 0.308 e. The topological polar surface area (TPSA) is 24.9 Å². The van der Waals surface area contributed by atoms with E-state index in [2.05, 4.69) is 17.2 Å². The standard InChI is InChI=1S/C15H23FN2/c1-2-10-17-14(12-7-4-3-5-8-12)15-13(16)9-6-11-18-15/h6,9,11-12,14,17H,2-5,7-8,10H2,1H3. The normalized spacial score (nSPS) is 18.8. The van der Waals surface area contributed by atoms with Gasteiger partial charge in [0.1, 0.15) is 5.82 Å². The maximum atomic E-state index is 13.9. The van der Waals surface area contributed by atoms with Crippen LogP contribution in [0.4, 0.5) is 4.39 Å². The van der Waals surface area contributed by atoms with Gasteiger partial charge in [0, 0.05) is 6.20 Å². The van der Waals surface area contributed by atoms with Crippen LogP contribution in [0, 0.1) is 11.7 Å². The SMILES string of the molecule is CCCNC(c1ncccc1F)C1CCCCC1. The molecule has 0 spiro atoms. The molecule has 1 heterocycles. The Balaban J connectivity index is 2.15. The molecular formula is C15H23FN2. The number of pyridine rings is 1. The number of rotatable bonds is 5. The van der Waals surface area contributed by atoms with Crippen LogP contribution in [0.25, 0.3) is 0 Å². The molecule has 2 nitrogen and oxygen atoms in total. The van der Waals surface area contributed by atoms with Crippen molar-refractivity contribution < 1.29 is 4.39 Å². The van der Waals surface area contributed by atoms with E-state index in [1.165, 1.54) is 38.2 Å². The van der Waals surface area contributed by atoms with E-state index in [4.69, 9.17) is 0 Å². The first-order chi connectivity index (χ1) is 8.83. The van der Waals surface area contributed by atoms with Crippen LogP contribution in [0.1, 0.15) is 57.2 Å². The molecule has 2 rings (SSSR count). The zero-order valence-electron chi connectivity index (χ0n) is 11.2. The fourth-order valence-corrected chi connectivity index (χ4v) is 2.88. The first-order valence-electron chi connectivity index (χ1n) is 7.16. The monoisotopic (exact) mass is 250 g/mol. The zero-order chi connectivity index (χ0) is 12.8. The molecule has 0 amide bonds. The molecule has 1 unspecified atom stereocenters. The highest BCUT2D eigenvalue weighted by atomic mass is 19.1. The van der Waals surface area contributed by atoms with Gasteiger partial charge in [-0.1, -0.05) is 26.2 Å².